The fourth-order valence-corrected chi connectivity index (χ4v) is 2.66. The van der Waals surface area contributed by atoms with E-state index in [9.17, 15) is 4.79 Å². The van der Waals surface area contributed by atoms with E-state index >= 15 is 0 Å². The van der Waals surface area contributed by atoms with Gasteiger partial charge in [0.15, 0.2) is 0 Å². The van der Waals surface area contributed by atoms with Crippen molar-refractivity contribution in [1.82, 2.24) is 0 Å². The van der Waals surface area contributed by atoms with Gasteiger partial charge in [-0.15, -0.1) is 0 Å². The molecule has 5 nitrogen and oxygen atoms in total. The lowest BCUT2D eigenvalue weighted by atomic mass is 10.2. The van der Waals surface area contributed by atoms with Gasteiger partial charge in [0, 0.05) is 29.7 Å². The van der Waals surface area contributed by atoms with Crippen LogP contribution in [0.25, 0.3) is 0 Å². The zero-order chi connectivity index (χ0) is 18.4. The largest absolute Gasteiger partial charge is 0.495 e. The molecule has 7 heteroatoms. The number of carbonyl (C=O) groups is 1. The predicted octanol–water partition coefficient (Wildman–Crippen LogP) is 4.76. The van der Waals surface area contributed by atoms with Crippen LogP contribution in [-0.4, -0.2) is 26.7 Å². The second kappa shape index (κ2) is 8.83. The molecule has 0 aliphatic carbocycles. The normalized spacial score (nSPS) is 10.3. The Bertz CT molecular complexity index is 766. The van der Waals surface area contributed by atoms with Gasteiger partial charge in [-0.1, -0.05) is 23.2 Å². The third kappa shape index (κ3) is 5.18. The first kappa shape index (κ1) is 19.2. The summed E-state index contributed by atoms with van der Waals surface area (Å²) in [6.45, 7) is 2.36. The molecule has 0 saturated heterocycles. The molecule has 0 aliphatic rings. The number of amides is 1. The van der Waals surface area contributed by atoms with Gasteiger partial charge in [0.25, 0.3) is 0 Å². The van der Waals surface area contributed by atoms with Crippen molar-refractivity contribution in [3.8, 4) is 11.5 Å². The first-order valence-electron chi connectivity index (χ1n) is 7.66. The Hall–Kier alpha value is -2.11. The molecule has 0 bridgehead atoms. The molecule has 0 fully saturated rings. The van der Waals surface area contributed by atoms with Gasteiger partial charge in [-0.25, -0.2) is 0 Å². The molecule has 0 aliphatic heterocycles. The van der Waals surface area contributed by atoms with Crippen LogP contribution in [0.15, 0.2) is 30.3 Å². The van der Waals surface area contributed by atoms with Crippen LogP contribution in [0, 0.1) is 6.92 Å². The minimum atomic E-state index is -0.126. The first-order valence-corrected chi connectivity index (χ1v) is 8.41. The van der Waals surface area contributed by atoms with Gasteiger partial charge in [0.05, 0.1) is 24.9 Å². The number of nitrogens with one attached hydrogen (secondary N) is 2. The minimum absolute atomic E-state index is 0.126. The molecule has 2 rings (SSSR count). The lowest BCUT2D eigenvalue weighted by molar-refractivity contribution is -0.115. The summed E-state index contributed by atoms with van der Waals surface area (Å²) in [6.07, 6.45) is 0.286. The maximum Gasteiger partial charge on any atom is 0.226 e. The Labute approximate surface area is 157 Å². The molecule has 1 amide bonds. The maximum absolute atomic E-state index is 12.1. The highest BCUT2D eigenvalue weighted by Gasteiger charge is 2.09. The van der Waals surface area contributed by atoms with E-state index in [0.717, 1.165) is 11.3 Å². The van der Waals surface area contributed by atoms with Crippen LogP contribution in [0.5, 0.6) is 11.5 Å². The first-order chi connectivity index (χ1) is 11.9. The van der Waals surface area contributed by atoms with Gasteiger partial charge in [-0.2, -0.15) is 0 Å². The molecule has 2 N–H and O–H groups in total. The zero-order valence-electron chi connectivity index (χ0n) is 14.3. The molecule has 2 aromatic carbocycles. The van der Waals surface area contributed by atoms with Crippen LogP contribution in [0.1, 0.15) is 12.0 Å². The Morgan fingerprint density at radius 2 is 1.76 bits per heavy atom. The molecule has 2 aromatic rings. The van der Waals surface area contributed by atoms with Crippen LogP contribution in [0.2, 0.25) is 10.0 Å². The fraction of sp³-hybridized carbons (Fsp3) is 0.278. The van der Waals surface area contributed by atoms with E-state index in [1.54, 1.807) is 31.4 Å². The monoisotopic (exact) mass is 382 g/mol. The molecule has 0 heterocycles. The van der Waals surface area contributed by atoms with Crippen LogP contribution >= 0.6 is 23.2 Å². The van der Waals surface area contributed by atoms with E-state index in [1.165, 1.54) is 7.11 Å². The molecule has 0 spiro atoms. The maximum atomic E-state index is 12.1. The summed E-state index contributed by atoms with van der Waals surface area (Å²) in [4.78, 5) is 12.1. The van der Waals surface area contributed by atoms with Crippen LogP contribution < -0.4 is 20.1 Å². The fourth-order valence-electron chi connectivity index (χ4n) is 2.25. The van der Waals surface area contributed by atoms with Gasteiger partial charge in [0.1, 0.15) is 11.5 Å². The van der Waals surface area contributed by atoms with Crippen molar-refractivity contribution in [2.24, 2.45) is 0 Å². The molecular formula is C18H20Cl2N2O3. The Morgan fingerprint density at radius 3 is 2.40 bits per heavy atom. The van der Waals surface area contributed by atoms with E-state index in [4.69, 9.17) is 32.7 Å². The van der Waals surface area contributed by atoms with Crippen LogP contribution in [-0.2, 0) is 4.79 Å². The van der Waals surface area contributed by atoms with E-state index in [0.29, 0.717) is 33.8 Å². The number of benzene rings is 2. The standard InChI is InChI=1S/C18H20Cl2N2O3/c1-11-8-15(17(25-3)10-13(11)19)21-7-6-18(23)22-12-4-5-16(24-2)14(20)9-12/h4-5,8-10,21H,6-7H2,1-3H3,(H,22,23). The van der Waals surface area contributed by atoms with Crippen LogP contribution in [0.3, 0.4) is 0 Å². The van der Waals surface area contributed by atoms with E-state index in [2.05, 4.69) is 10.6 Å². The van der Waals surface area contributed by atoms with E-state index < -0.39 is 0 Å². The Morgan fingerprint density at radius 1 is 1.04 bits per heavy atom. The highest BCUT2D eigenvalue weighted by atomic mass is 35.5. The van der Waals surface area contributed by atoms with Gasteiger partial charge >= 0.3 is 0 Å². The van der Waals surface area contributed by atoms with Crippen LogP contribution in [0.4, 0.5) is 11.4 Å². The Balaban J connectivity index is 1.90. The van der Waals surface area contributed by atoms with E-state index in [-0.39, 0.29) is 12.3 Å². The lowest BCUT2D eigenvalue weighted by Gasteiger charge is -2.13. The summed E-state index contributed by atoms with van der Waals surface area (Å²) in [7, 11) is 3.12. The zero-order valence-corrected chi connectivity index (χ0v) is 15.8. The minimum Gasteiger partial charge on any atom is -0.495 e. The van der Waals surface area contributed by atoms with Crippen molar-refractivity contribution in [2.45, 2.75) is 13.3 Å². The predicted molar refractivity (Wildman–Crippen MR) is 102 cm³/mol. The lowest BCUT2D eigenvalue weighted by Crippen LogP contribution is -2.16. The third-order valence-electron chi connectivity index (χ3n) is 3.58. The molecule has 0 aromatic heterocycles. The average molecular weight is 383 g/mol. The summed E-state index contributed by atoms with van der Waals surface area (Å²) < 4.78 is 10.4. The van der Waals surface area contributed by atoms with Gasteiger partial charge < -0.3 is 20.1 Å². The molecule has 0 saturated carbocycles. The smallest absolute Gasteiger partial charge is 0.226 e. The number of aryl methyl sites for hydroxylation is 1. The average Bonchev–Trinajstić information content (AvgIpc) is 2.58. The number of halogens is 2. The number of hydrogen-bond donors (Lipinski definition) is 2. The van der Waals surface area contributed by atoms with Crippen molar-refractivity contribution < 1.29 is 14.3 Å². The Kier molecular flexibility index (Phi) is 6.79. The number of rotatable bonds is 7. The van der Waals surface area contributed by atoms with Crippen molar-refractivity contribution in [3.63, 3.8) is 0 Å². The number of ether oxygens (including phenoxy) is 2. The van der Waals surface area contributed by atoms with Gasteiger partial charge in [0.2, 0.25) is 5.91 Å². The number of anilines is 2. The molecule has 0 radical (unpaired) electrons. The van der Waals surface area contributed by atoms with Crippen molar-refractivity contribution in [2.75, 3.05) is 31.4 Å². The summed E-state index contributed by atoms with van der Waals surface area (Å²) in [5, 5.41) is 7.07. The highest BCUT2D eigenvalue weighted by molar-refractivity contribution is 6.32. The number of carbonyl (C=O) groups excluding carboxylic acids is 1. The molecule has 0 atom stereocenters. The second-order valence-electron chi connectivity index (χ2n) is 5.38. The van der Waals surface area contributed by atoms with Gasteiger partial charge in [-0.3, -0.25) is 4.79 Å². The van der Waals surface area contributed by atoms with Crippen molar-refractivity contribution in [1.29, 1.82) is 0 Å². The number of methoxy groups -OCH3 is 2. The molecule has 134 valence electrons. The molecule has 0 unspecified atom stereocenters. The third-order valence-corrected chi connectivity index (χ3v) is 4.29. The topological polar surface area (TPSA) is 59.6 Å². The SMILES string of the molecule is COc1ccc(NC(=O)CCNc2cc(C)c(Cl)cc2OC)cc1Cl. The quantitative estimate of drug-likeness (QED) is 0.724. The van der Waals surface area contributed by atoms with E-state index in [1.807, 2.05) is 13.0 Å². The summed E-state index contributed by atoms with van der Waals surface area (Å²) in [5.74, 6) is 1.07. The summed E-state index contributed by atoms with van der Waals surface area (Å²) in [6, 6.07) is 8.73. The number of hydrogen-bond acceptors (Lipinski definition) is 4. The summed E-state index contributed by atoms with van der Waals surface area (Å²) in [5.41, 5.74) is 2.35. The summed E-state index contributed by atoms with van der Waals surface area (Å²) >= 11 is 12.1. The van der Waals surface area contributed by atoms with Crippen molar-refractivity contribution in [3.05, 3.63) is 45.9 Å². The molecule has 25 heavy (non-hydrogen) atoms. The van der Waals surface area contributed by atoms with Gasteiger partial charge in [-0.05, 0) is 36.8 Å². The highest BCUT2D eigenvalue weighted by Crippen LogP contribution is 2.31. The second-order valence-corrected chi connectivity index (χ2v) is 6.19. The van der Waals surface area contributed by atoms with Crippen molar-refractivity contribution >= 4 is 40.5 Å². The molecular weight excluding hydrogens is 363 g/mol.